The highest BCUT2D eigenvalue weighted by molar-refractivity contribution is 5.94. The standard InChI is InChI=1S/C22H31FN2O4.C13H22N2O/c1-14-10-17-13-22(11-14,12-15(2)19(17)29-28)21(27)25-9-3-8-24-20(26)16-4-6-18(23)7-5-16;1-13(2,14)10-15-12(16)9-11-7-5-3-4-6-8-11/h4-7,14-15,17,19,28H,3,8-13H2,1-2H3,(H,24,26)(H,25,27);11H,5-10,14H2,1-2H3,(H,15,16)/t14?,15?,17?,19-,22?;/m0./s1. The molecule has 3 amide bonds. The van der Waals surface area contributed by atoms with E-state index < -0.39 is 5.41 Å². The van der Waals surface area contributed by atoms with Crippen LogP contribution in [-0.2, 0) is 14.5 Å². The molecule has 0 aliphatic heterocycles. The Kier molecular flexibility index (Phi) is 13.8. The fraction of sp³-hybridized carbons (Fsp3) is 0.686. The fourth-order valence-corrected chi connectivity index (χ4v) is 7.14. The van der Waals surface area contributed by atoms with Gasteiger partial charge in [0.05, 0.1) is 11.5 Å². The molecule has 1 aromatic rings. The molecule has 0 heterocycles. The van der Waals surface area contributed by atoms with Crippen LogP contribution in [0, 0.1) is 46.7 Å². The minimum absolute atomic E-state index is 0.0714. The summed E-state index contributed by atoms with van der Waals surface area (Å²) in [7, 11) is 0. The first-order valence-corrected chi connectivity index (χ1v) is 16.5. The van der Waals surface area contributed by atoms with Crippen molar-refractivity contribution < 1.29 is 28.9 Å². The van der Waals surface area contributed by atoms with E-state index in [-0.39, 0.29) is 47.0 Å². The lowest BCUT2D eigenvalue weighted by Crippen LogP contribution is -2.54. The van der Waals surface area contributed by atoms with Crippen LogP contribution in [0.3, 0.4) is 0 Å². The van der Waals surface area contributed by atoms with E-state index in [0.717, 1.165) is 44.9 Å². The van der Waals surface area contributed by atoms with Crippen molar-refractivity contribution in [1.29, 1.82) is 0 Å². The first kappa shape index (κ1) is 36.5. The molecule has 6 N–H and O–H groups in total. The number of hydrogen-bond donors (Lipinski definition) is 5. The van der Waals surface area contributed by atoms with E-state index in [1.54, 1.807) is 0 Å². The van der Waals surface area contributed by atoms with E-state index in [9.17, 15) is 24.0 Å². The van der Waals surface area contributed by atoms with E-state index in [4.69, 9.17) is 10.6 Å². The number of fused-ring (bicyclic) bond motifs is 2. The second-order valence-electron chi connectivity index (χ2n) is 14.2. The van der Waals surface area contributed by atoms with Gasteiger partial charge in [-0.2, -0.15) is 0 Å². The molecule has 45 heavy (non-hydrogen) atoms. The van der Waals surface area contributed by atoms with Gasteiger partial charge < -0.3 is 21.7 Å². The average Bonchev–Trinajstić information content (AvgIpc) is 3.24. The molecule has 2 saturated carbocycles. The van der Waals surface area contributed by atoms with Crippen molar-refractivity contribution >= 4 is 17.7 Å². The van der Waals surface area contributed by atoms with Crippen molar-refractivity contribution in [3.05, 3.63) is 35.6 Å². The number of halogens is 1. The minimum atomic E-state index is -0.395. The number of benzene rings is 1. The zero-order valence-electron chi connectivity index (χ0n) is 27.4. The van der Waals surface area contributed by atoms with Crippen molar-refractivity contribution in [3.63, 3.8) is 0 Å². The van der Waals surface area contributed by atoms with Gasteiger partial charge in [-0.25, -0.2) is 9.28 Å². The zero-order valence-corrected chi connectivity index (χ0v) is 27.4. The summed E-state index contributed by atoms with van der Waals surface area (Å²) in [5.74, 6) is 6.99. The Balaban J connectivity index is 0.000000292. The smallest absolute Gasteiger partial charge is 0.251 e. The van der Waals surface area contributed by atoms with Crippen LogP contribution in [0.5, 0.6) is 0 Å². The summed E-state index contributed by atoms with van der Waals surface area (Å²) in [6.07, 6.45) is 8.29. The van der Waals surface area contributed by atoms with Crippen LogP contribution < -0.4 is 21.7 Å². The van der Waals surface area contributed by atoms with E-state index in [0.29, 0.717) is 56.3 Å². The van der Waals surface area contributed by atoms with Crippen LogP contribution in [0.25, 0.3) is 0 Å². The quantitative estimate of drug-likeness (QED) is 0.103. The maximum Gasteiger partial charge on any atom is 0.251 e. The number of rotatable bonds is 11. The molecule has 1 aromatic carbocycles. The molecule has 5 atom stereocenters. The third kappa shape index (κ3) is 11.7. The Morgan fingerprint density at radius 3 is 2.29 bits per heavy atom. The number of nitrogens with one attached hydrogen (secondary N) is 3. The highest BCUT2D eigenvalue weighted by Crippen LogP contribution is 2.53. The predicted molar refractivity (Wildman–Crippen MR) is 172 cm³/mol. The Hall–Kier alpha value is -3.00. The Bertz CT molecular complexity index is 1180. The molecule has 0 spiro atoms. The van der Waals surface area contributed by atoms with Crippen LogP contribution >= 0.6 is 0 Å². The molecule has 2 bridgehead atoms. The van der Waals surface area contributed by atoms with Gasteiger partial charge >= 0.3 is 0 Å². The normalized spacial score (nSPS) is 26.2. The topological polar surface area (TPSA) is 143 Å². The lowest BCUT2D eigenvalue weighted by atomic mass is 9.55. The number of amides is 3. The molecule has 0 radical (unpaired) electrons. The first-order chi connectivity index (χ1) is 21.3. The highest BCUT2D eigenvalue weighted by Gasteiger charge is 2.53. The Morgan fingerprint density at radius 1 is 1.02 bits per heavy atom. The van der Waals surface area contributed by atoms with Gasteiger partial charge in [0.15, 0.2) is 0 Å². The summed E-state index contributed by atoms with van der Waals surface area (Å²) in [6.45, 7) is 9.46. The van der Waals surface area contributed by atoms with Crippen LogP contribution in [-0.4, -0.2) is 54.3 Å². The van der Waals surface area contributed by atoms with E-state index in [1.807, 2.05) is 20.8 Å². The lowest BCUT2D eigenvalue weighted by molar-refractivity contribution is -0.315. The molecule has 2 fully saturated rings. The number of nitrogens with two attached hydrogens (primary N) is 1. The van der Waals surface area contributed by atoms with Crippen LogP contribution in [0.1, 0.15) is 102 Å². The highest BCUT2D eigenvalue weighted by atomic mass is 19.1. The van der Waals surface area contributed by atoms with E-state index >= 15 is 0 Å². The van der Waals surface area contributed by atoms with Crippen LogP contribution in [0.15, 0.2) is 24.3 Å². The monoisotopic (exact) mass is 628 g/mol. The lowest BCUT2D eigenvalue weighted by Gasteiger charge is -2.51. The molecule has 0 aromatic heterocycles. The van der Waals surface area contributed by atoms with Gasteiger partial charge in [0.25, 0.3) is 5.91 Å². The maximum absolute atomic E-state index is 13.0. The Morgan fingerprint density at radius 2 is 1.67 bits per heavy atom. The molecule has 4 rings (SSSR count). The van der Waals surface area contributed by atoms with Crippen molar-refractivity contribution in [2.75, 3.05) is 19.6 Å². The summed E-state index contributed by atoms with van der Waals surface area (Å²) < 4.78 is 12.9. The van der Waals surface area contributed by atoms with Crippen LogP contribution in [0.4, 0.5) is 4.39 Å². The third-order valence-corrected chi connectivity index (χ3v) is 9.17. The number of carbonyl (C=O) groups excluding carboxylic acids is 3. The van der Waals surface area contributed by atoms with Gasteiger partial charge in [-0.05, 0) is 107 Å². The zero-order chi connectivity index (χ0) is 33.0. The van der Waals surface area contributed by atoms with Gasteiger partial charge in [-0.15, -0.1) is 11.8 Å². The van der Waals surface area contributed by atoms with Gasteiger partial charge in [-0.1, -0.05) is 13.8 Å². The summed E-state index contributed by atoms with van der Waals surface area (Å²) in [5.41, 5.74) is 5.49. The maximum atomic E-state index is 13.0. The summed E-state index contributed by atoms with van der Waals surface area (Å²) in [6, 6.07) is 5.40. The Labute approximate surface area is 267 Å². The van der Waals surface area contributed by atoms with Gasteiger partial charge in [0, 0.05) is 50.0 Å². The minimum Gasteiger partial charge on any atom is -0.356 e. The first-order valence-electron chi connectivity index (χ1n) is 16.5. The summed E-state index contributed by atoms with van der Waals surface area (Å²) >= 11 is 0. The van der Waals surface area contributed by atoms with Crippen LogP contribution in [0.2, 0.25) is 0 Å². The summed E-state index contributed by atoms with van der Waals surface area (Å²) in [4.78, 5) is 41.5. The molecule has 9 nitrogen and oxygen atoms in total. The molecule has 250 valence electrons. The van der Waals surface area contributed by atoms with Crippen molar-refractivity contribution in [3.8, 4) is 11.8 Å². The molecule has 10 heteroatoms. The molecule has 3 aliphatic rings. The second-order valence-corrected chi connectivity index (χ2v) is 14.2. The summed E-state index contributed by atoms with van der Waals surface area (Å²) in [5, 5.41) is 18.0. The molecule has 4 unspecified atom stereocenters. The fourth-order valence-electron chi connectivity index (χ4n) is 7.14. The number of hydrogen-bond acceptors (Lipinski definition) is 6. The SMILES string of the molecule is CC(C)(N)CNC(=O)CC1CCC#CCC1.CC1CC2CC(C(=O)NCCCNC(=O)c3ccc(F)cc3)(C1)CC(C)[C@@H]2OO. The predicted octanol–water partition coefficient (Wildman–Crippen LogP) is 4.81. The van der Waals surface area contributed by atoms with E-state index in [2.05, 4.69) is 34.7 Å². The van der Waals surface area contributed by atoms with Gasteiger partial charge in [0.2, 0.25) is 11.8 Å². The third-order valence-electron chi connectivity index (χ3n) is 9.17. The van der Waals surface area contributed by atoms with E-state index in [1.165, 1.54) is 24.3 Å². The van der Waals surface area contributed by atoms with Crippen molar-refractivity contribution in [1.82, 2.24) is 16.0 Å². The molecule has 0 saturated heterocycles. The largest absolute Gasteiger partial charge is 0.356 e. The average molecular weight is 629 g/mol. The second kappa shape index (κ2) is 17.1. The van der Waals surface area contributed by atoms with Gasteiger partial charge in [-0.3, -0.25) is 19.6 Å². The molecular weight excluding hydrogens is 575 g/mol. The van der Waals surface area contributed by atoms with Gasteiger partial charge in [0.1, 0.15) is 5.82 Å². The van der Waals surface area contributed by atoms with Crippen molar-refractivity contribution in [2.24, 2.45) is 34.8 Å². The molecular formula is C35H53FN4O5. The molecule has 3 aliphatic carbocycles. The number of carbonyl (C=O) groups is 3. The van der Waals surface area contributed by atoms with Crippen molar-refractivity contribution in [2.45, 2.75) is 104 Å².